The molecule has 0 aliphatic carbocycles. The quantitative estimate of drug-likeness (QED) is 0.354. The Morgan fingerprint density at radius 3 is 2.66 bits per heavy atom. The van der Waals surface area contributed by atoms with E-state index in [2.05, 4.69) is 30.5 Å². The molecule has 0 radical (unpaired) electrons. The van der Waals surface area contributed by atoms with E-state index in [1.807, 2.05) is 42.5 Å². The van der Waals surface area contributed by atoms with Gasteiger partial charge in [-0.15, -0.1) is 0 Å². The van der Waals surface area contributed by atoms with Gasteiger partial charge in [-0.1, -0.05) is 41.9 Å². The maximum atomic E-state index is 10.7. The van der Waals surface area contributed by atoms with E-state index in [0.29, 0.717) is 35.2 Å². The highest BCUT2D eigenvalue weighted by molar-refractivity contribution is 6.35. The highest BCUT2D eigenvalue weighted by atomic mass is 35.5. The molecule has 158 valence electrons. The van der Waals surface area contributed by atoms with Gasteiger partial charge in [-0.25, -0.2) is 19.9 Å². The highest BCUT2D eigenvalue weighted by Gasteiger charge is 2.18. The summed E-state index contributed by atoms with van der Waals surface area (Å²) in [6.07, 6.45) is 5.56. The third-order valence-electron chi connectivity index (χ3n) is 5.02. The Balaban J connectivity index is 1.55. The van der Waals surface area contributed by atoms with Gasteiger partial charge in [0.1, 0.15) is 12.0 Å². The first-order valence-corrected chi connectivity index (χ1v) is 10.3. The molecule has 9 heteroatoms. The summed E-state index contributed by atoms with van der Waals surface area (Å²) in [5.74, 6) is 0.114. The number of aromatic amines is 1. The van der Waals surface area contributed by atoms with Crippen molar-refractivity contribution in [3.05, 3.63) is 78.0 Å². The minimum absolute atomic E-state index is 0.189. The number of aromatic nitrogens is 6. The van der Waals surface area contributed by atoms with Gasteiger partial charge in [0.05, 0.1) is 22.4 Å². The molecular weight excluding hydrogens is 426 g/mol. The van der Waals surface area contributed by atoms with E-state index in [0.717, 1.165) is 27.7 Å². The molecule has 0 aliphatic heterocycles. The molecule has 2 aromatic carbocycles. The summed E-state index contributed by atoms with van der Waals surface area (Å²) < 4.78 is 0. The number of nitrogens with zero attached hydrogens (tertiary/aromatic N) is 5. The first-order valence-electron chi connectivity index (χ1n) is 9.97. The molecule has 8 nitrogen and oxygen atoms in total. The molecule has 3 aromatic heterocycles. The second-order valence-electron chi connectivity index (χ2n) is 7.13. The van der Waals surface area contributed by atoms with Gasteiger partial charge in [0.15, 0.2) is 5.82 Å². The normalized spacial score (nSPS) is 11.0. The van der Waals surface area contributed by atoms with E-state index in [1.54, 1.807) is 18.5 Å². The third-order valence-corrected chi connectivity index (χ3v) is 5.31. The van der Waals surface area contributed by atoms with Crippen LogP contribution < -0.4 is 5.32 Å². The Morgan fingerprint density at radius 2 is 1.84 bits per heavy atom. The monoisotopic (exact) mass is 443 g/mol. The molecule has 0 fully saturated rings. The van der Waals surface area contributed by atoms with Crippen LogP contribution in [0.1, 0.15) is 5.69 Å². The molecule has 0 unspecified atom stereocenters. The SMILES string of the molecule is Oc1nc(-c2cc(Cl)c3[nH]ncc3c2)c(-c2ccccc2)nc1NCCc1ccncn1. The van der Waals surface area contributed by atoms with Crippen LogP contribution >= 0.6 is 11.6 Å². The molecule has 0 saturated heterocycles. The largest absolute Gasteiger partial charge is 0.491 e. The summed E-state index contributed by atoms with van der Waals surface area (Å²) in [7, 11) is 0. The van der Waals surface area contributed by atoms with E-state index < -0.39 is 0 Å². The predicted octanol–water partition coefficient (Wildman–Crippen LogP) is 4.49. The molecule has 32 heavy (non-hydrogen) atoms. The van der Waals surface area contributed by atoms with Crippen molar-refractivity contribution < 1.29 is 5.11 Å². The number of rotatable bonds is 6. The van der Waals surface area contributed by atoms with Crippen LogP contribution in [-0.4, -0.2) is 41.8 Å². The number of anilines is 1. The summed E-state index contributed by atoms with van der Waals surface area (Å²) in [5, 5.41) is 22.1. The van der Waals surface area contributed by atoms with E-state index >= 15 is 0 Å². The average Bonchev–Trinajstić information content (AvgIpc) is 3.31. The van der Waals surface area contributed by atoms with E-state index in [1.165, 1.54) is 6.33 Å². The number of benzene rings is 2. The molecule has 0 aliphatic rings. The fraction of sp³-hybridized carbons (Fsp3) is 0.0870. The van der Waals surface area contributed by atoms with Crippen LogP contribution in [0.4, 0.5) is 5.82 Å². The van der Waals surface area contributed by atoms with Gasteiger partial charge < -0.3 is 10.4 Å². The van der Waals surface area contributed by atoms with Gasteiger partial charge in [-0.3, -0.25) is 5.10 Å². The molecule has 5 aromatic rings. The van der Waals surface area contributed by atoms with Crippen molar-refractivity contribution in [2.45, 2.75) is 6.42 Å². The number of hydrogen-bond acceptors (Lipinski definition) is 7. The maximum absolute atomic E-state index is 10.7. The lowest BCUT2D eigenvalue weighted by molar-refractivity contribution is 0.454. The highest BCUT2D eigenvalue weighted by Crippen LogP contribution is 2.36. The van der Waals surface area contributed by atoms with Gasteiger partial charge in [-0.05, 0) is 18.2 Å². The Labute approximate surface area is 188 Å². The fourth-order valence-electron chi connectivity index (χ4n) is 3.47. The zero-order valence-corrected chi connectivity index (χ0v) is 17.6. The number of H-pyrrole nitrogens is 1. The number of fused-ring (bicyclic) bond motifs is 1. The van der Waals surface area contributed by atoms with Gasteiger partial charge in [0.25, 0.3) is 5.88 Å². The van der Waals surface area contributed by atoms with Gasteiger partial charge in [-0.2, -0.15) is 5.10 Å². The van der Waals surface area contributed by atoms with E-state index in [9.17, 15) is 5.11 Å². The van der Waals surface area contributed by atoms with E-state index in [4.69, 9.17) is 16.6 Å². The molecule has 5 rings (SSSR count). The minimum Gasteiger partial charge on any atom is -0.491 e. The van der Waals surface area contributed by atoms with Crippen molar-refractivity contribution in [1.29, 1.82) is 0 Å². The lowest BCUT2D eigenvalue weighted by atomic mass is 10.0. The molecule has 0 spiro atoms. The lowest BCUT2D eigenvalue weighted by Gasteiger charge is -2.14. The third kappa shape index (κ3) is 3.95. The van der Waals surface area contributed by atoms with Crippen LogP contribution in [0.25, 0.3) is 33.4 Å². The van der Waals surface area contributed by atoms with Crippen LogP contribution in [0.2, 0.25) is 5.02 Å². The van der Waals surface area contributed by atoms with Crippen LogP contribution in [0, 0.1) is 0 Å². The second kappa shape index (κ2) is 8.60. The molecule has 0 amide bonds. The van der Waals surface area contributed by atoms with Crippen LogP contribution in [0.15, 0.2) is 67.3 Å². The van der Waals surface area contributed by atoms with Crippen molar-refractivity contribution in [1.82, 2.24) is 30.1 Å². The zero-order chi connectivity index (χ0) is 21.9. The van der Waals surface area contributed by atoms with Gasteiger partial charge >= 0.3 is 0 Å². The standard InChI is InChI=1S/C23H18ClN7O/c24-18-11-15(10-16-12-28-31-19(16)18)21-20(14-4-2-1-3-5-14)29-22(23(32)30-21)26-9-7-17-6-8-25-13-27-17/h1-6,8,10-13H,7,9H2,(H,26,29)(H,28,31)(H,30,32). The summed E-state index contributed by atoms with van der Waals surface area (Å²) in [5.41, 5.74) is 4.40. The minimum atomic E-state index is -0.189. The first kappa shape index (κ1) is 19.9. The Kier molecular flexibility index (Phi) is 5.35. The Bertz CT molecular complexity index is 1370. The number of halogens is 1. The van der Waals surface area contributed by atoms with Gasteiger partial charge in [0, 0.05) is 41.4 Å². The molecule has 0 atom stereocenters. The van der Waals surface area contributed by atoms with Crippen molar-refractivity contribution in [3.8, 4) is 28.4 Å². The molecule has 0 bridgehead atoms. The smallest absolute Gasteiger partial charge is 0.255 e. The summed E-state index contributed by atoms with van der Waals surface area (Å²) >= 11 is 6.44. The van der Waals surface area contributed by atoms with Crippen molar-refractivity contribution in [3.63, 3.8) is 0 Å². The fourth-order valence-corrected chi connectivity index (χ4v) is 3.74. The second-order valence-corrected chi connectivity index (χ2v) is 7.54. The van der Waals surface area contributed by atoms with E-state index in [-0.39, 0.29) is 5.88 Å². The number of nitrogens with one attached hydrogen (secondary N) is 2. The maximum Gasteiger partial charge on any atom is 0.255 e. The van der Waals surface area contributed by atoms with Crippen molar-refractivity contribution >= 4 is 28.3 Å². The van der Waals surface area contributed by atoms with Gasteiger partial charge in [0.2, 0.25) is 0 Å². The van der Waals surface area contributed by atoms with Crippen LogP contribution in [0.3, 0.4) is 0 Å². The first-order chi connectivity index (χ1) is 15.7. The molecular formula is C23H18ClN7O. The number of hydrogen-bond donors (Lipinski definition) is 3. The summed E-state index contributed by atoms with van der Waals surface area (Å²) in [6.45, 7) is 0.527. The number of aromatic hydroxyl groups is 1. The molecule has 0 saturated carbocycles. The predicted molar refractivity (Wildman–Crippen MR) is 123 cm³/mol. The lowest BCUT2D eigenvalue weighted by Crippen LogP contribution is -2.09. The zero-order valence-electron chi connectivity index (χ0n) is 16.8. The Morgan fingerprint density at radius 1 is 1.00 bits per heavy atom. The van der Waals surface area contributed by atoms with Crippen molar-refractivity contribution in [2.24, 2.45) is 0 Å². The van der Waals surface area contributed by atoms with Crippen LogP contribution in [-0.2, 0) is 6.42 Å². The topological polar surface area (TPSA) is 112 Å². The summed E-state index contributed by atoms with van der Waals surface area (Å²) in [6, 6.07) is 15.3. The van der Waals surface area contributed by atoms with Crippen LogP contribution in [0.5, 0.6) is 5.88 Å². The Hall–Kier alpha value is -4.04. The molecule has 3 heterocycles. The molecule has 3 N–H and O–H groups in total. The summed E-state index contributed by atoms with van der Waals surface area (Å²) in [4.78, 5) is 17.3. The van der Waals surface area contributed by atoms with Crippen molar-refractivity contribution in [2.75, 3.05) is 11.9 Å². The average molecular weight is 444 g/mol.